The van der Waals surface area contributed by atoms with Gasteiger partial charge in [-0.1, -0.05) is 18.2 Å². The number of aliphatic hydroxyl groups is 1. The van der Waals surface area contributed by atoms with Gasteiger partial charge in [0.2, 0.25) is 0 Å². The number of rotatable bonds is 6. The van der Waals surface area contributed by atoms with Crippen LogP contribution in [0.25, 0.3) is 0 Å². The minimum atomic E-state index is -0.604. The number of ether oxygens (including phenoxy) is 1. The number of methoxy groups -OCH3 is 1. The number of β-amino-alcohol motifs (C(OH)–C–C–N with tert-alkyl or cyclic N) is 1. The minimum Gasteiger partial charge on any atom is -0.497 e. The Labute approximate surface area is 208 Å². The lowest BCUT2D eigenvalue weighted by atomic mass is 10.0. The quantitative estimate of drug-likeness (QED) is 0.567. The smallest absolute Gasteiger partial charge is 0.274 e. The van der Waals surface area contributed by atoms with Crippen LogP contribution >= 0.6 is 0 Å². The van der Waals surface area contributed by atoms with Gasteiger partial charge in [-0.15, -0.1) is 0 Å². The van der Waals surface area contributed by atoms with E-state index in [2.05, 4.69) is 4.90 Å². The Morgan fingerprint density at radius 1 is 1.17 bits per heavy atom. The standard InChI is InChI=1S/C27H30F2N4O3/c1-36-22-6-2-4-18(12-22)14-33-25-9-11-31(15-19-7-8-20(28)13-24(19)29)17-23(25)26(30-33)27(35)32-10-3-5-21(34)16-32/h2,4,6-8,12-13,21,34H,3,5,9-11,14-17H2,1H3. The maximum absolute atomic E-state index is 14.3. The first-order valence-corrected chi connectivity index (χ1v) is 12.3. The molecule has 3 aromatic rings. The average molecular weight is 497 g/mol. The third-order valence-corrected chi connectivity index (χ3v) is 6.97. The second kappa shape index (κ2) is 10.4. The van der Waals surface area contributed by atoms with Crippen LogP contribution in [0.4, 0.5) is 8.78 Å². The molecule has 2 aliphatic heterocycles. The molecule has 1 saturated heterocycles. The molecular weight excluding hydrogens is 466 g/mol. The fourth-order valence-electron chi connectivity index (χ4n) is 5.11. The first kappa shape index (κ1) is 24.4. The predicted octanol–water partition coefficient (Wildman–Crippen LogP) is 3.37. The molecule has 7 nitrogen and oxygen atoms in total. The van der Waals surface area contributed by atoms with Gasteiger partial charge in [-0.05, 0) is 36.6 Å². The fourth-order valence-corrected chi connectivity index (χ4v) is 5.11. The van der Waals surface area contributed by atoms with E-state index in [9.17, 15) is 18.7 Å². The van der Waals surface area contributed by atoms with Gasteiger partial charge in [0.15, 0.2) is 5.69 Å². The molecule has 9 heteroatoms. The summed E-state index contributed by atoms with van der Waals surface area (Å²) in [5.41, 5.74) is 3.61. The van der Waals surface area contributed by atoms with Crippen molar-refractivity contribution in [3.8, 4) is 5.75 Å². The summed E-state index contributed by atoms with van der Waals surface area (Å²) in [6.07, 6.45) is 1.54. The normalized spacial score (nSPS) is 18.2. The molecule has 0 radical (unpaired) electrons. The number of halogens is 2. The van der Waals surface area contributed by atoms with E-state index in [-0.39, 0.29) is 5.91 Å². The summed E-state index contributed by atoms with van der Waals surface area (Å²) in [4.78, 5) is 17.3. The third kappa shape index (κ3) is 5.12. The van der Waals surface area contributed by atoms with Crippen molar-refractivity contribution in [1.82, 2.24) is 19.6 Å². The number of fused-ring (bicyclic) bond motifs is 1. The zero-order chi connectivity index (χ0) is 25.2. The van der Waals surface area contributed by atoms with E-state index in [0.29, 0.717) is 63.4 Å². The molecule has 0 saturated carbocycles. The number of carbonyl (C=O) groups is 1. The number of hydrogen-bond donors (Lipinski definition) is 1. The molecule has 1 fully saturated rings. The largest absolute Gasteiger partial charge is 0.497 e. The molecule has 3 heterocycles. The van der Waals surface area contributed by atoms with Gasteiger partial charge in [-0.3, -0.25) is 14.4 Å². The van der Waals surface area contributed by atoms with E-state index < -0.39 is 17.7 Å². The molecule has 1 amide bonds. The highest BCUT2D eigenvalue weighted by Crippen LogP contribution is 2.27. The topological polar surface area (TPSA) is 70.8 Å². The zero-order valence-corrected chi connectivity index (χ0v) is 20.3. The van der Waals surface area contributed by atoms with Gasteiger partial charge in [0.1, 0.15) is 17.4 Å². The molecule has 0 bridgehead atoms. The fraction of sp³-hybridized carbons (Fsp3) is 0.407. The lowest BCUT2D eigenvalue weighted by Gasteiger charge is -2.31. The van der Waals surface area contributed by atoms with Gasteiger partial charge in [0.25, 0.3) is 5.91 Å². The Hall–Kier alpha value is -3.30. The summed E-state index contributed by atoms with van der Waals surface area (Å²) in [7, 11) is 1.62. The van der Waals surface area contributed by atoms with Crippen LogP contribution in [0.1, 0.15) is 45.7 Å². The van der Waals surface area contributed by atoms with Crippen molar-refractivity contribution in [2.24, 2.45) is 0 Å². The van der Waals surface area contributed by atoms with E-state index in [1.54, 1.807) is 12.0 Å². The third-order valence-electron chi connectivity index (χ3n) is 6.97. The Kier molecular flexibility index (Phi) is 7.02. The number of hydrogen-bond acceptors (Lipinski definition) is 5. The van der Waals surface area contributed by atoms with Crippen LogP contribution in [0.5, 0.6) is 5.75 Å². The van der Waals surface area contributed by atoms with E-state index in [4.69, 9.17) is 9.84 Å². The first-order valence-electron chi connectivity index (χ1n) is 12.3. The van der Waals surface area contributed by atoms with E-state index in [0.717, 1.165) is 35.1 Å². The van der Waals surface area contributed by atoms with Gasteiger partial charge in [-0.2, -0.15) is 5.10 Å². The summed E-state index contributed by atoms with van der Waals surface area (Å²) >= 11 is 0. The lowest BCUT2D eigenvalue weighted by molar-refractivity contribution is 0.0466. The SMILES string of the molecule is COc1cccc(Cn2nc(C(=O)N3CCCC(O)C3)c3c2CCN(Cc2ccc(F)cc2F)C3)c1. The summed E-state index contributed by atoms with van der Waals surface area (Å²) in [5.74, 6) is -0.621. The van der Waals surface area contributed by atoms with Crippen molar-refractivity contribution >= 4 is 5.91 Å². The molecule has 2 aromatic carbocycles. The highest BCUT2D eigenvalue weighted by atomic mass is 19.1. The van der Waals surface area contributed by atoms with Gasteiger partial charge < -0.3 is 14.7 Å². The molecule has 1 atom stereocenters. The summed E-state index contributed by atoms with van der Waals surface area (Å²) in [6.45, 7) is 2.76. The first-order chi connectivity index (χ1) is 17.4. The van der Waals surface area contributed by atoms with Crippen LogP contribution in [-0.2, 0) is 26.1 Å². The Morgan fingerprint density at radius 3 is 2.81 bits per heavy atom. The number of aromatic nitrogens is 2. The molecule has 2 aliphatic rings. The monoisotopic (exact) mass is 496 g/mol. The van der Waals surface area contributed by atoms with Gasteiger partial charge in [-0.25, -0.2) is 8.78 Å². The van der Waals surface area contributed by atoms with Crippen molar-refractivity contribution in [1.29, 1.82) is 0 Å². The Morgan fingerprint density at radius 2 is 2.03 bits per heavy atom. The zero-order valence-electron chi connectivity index (χ0n) is 20.3. The van der Waals surface area contributed by atoms with Crippen molar-refractivity contribution in [2.45, 2.75) is 45.0 Å². The van der Waals surface area contributed by atoms with Crippen LogP contribution < -0.4 is 4.74 Å². The second-order valence-corrected chi connectivity index (χ2v) is 9.53. The molecule has 0 aliphatic carbocycles. The highest BCUT2D eigenvalue weighted by molar-refractivity contribution is 5.94. The van der Waals surface area contributed by atoms with E-state index in [1.165, 1.54) is 12.1 Å². The second-order valence-electron chi connectivity index (χ2n) is 9.53. The van der Waals surface area contributed by atoms with Crippen LogP contribution in [0.3, 0.4) is 0 Å². The van der Waals surface area contributed by atoms with Crippen LogP contribution in [0, 0.1) is 11.6 Å². The number of likely N-dealkylation sites (tertiary alicyclic amines) is 1. The van der Waals surface area contributed by atoms with E-state index in [1.807, 2.05) is 28.9 Å². The number of nitrogens with zero attached hydrogens (tertiary/aromatic N) is 4. The number of piperidine rings is 1. The predicted molar refractivity (Wildman–Crippen MR) is 130 cm³/mol. The highest BCUT2D eigenvalue weighted by Gasteiger charge is 2.32. The van der Waals surface area contributed by atoms with Crippen LogP contribution in [-0.4, -0.2) is 63.4 Å². The summed E-state index contributed by atoms with van der Waals surface area (Å²) in [5, 5.41) is 14.9. The summed E-state index contributed by atoms with van der Waals surface area (Å²) in [6, 6.07) is 11.4. The average Bonchev–Trinajstić information content (AvgIpc) is 3.22. The molecule has 0 spiro atoms. The van der Waals surface area contributed by atoms with Gasteiger partial charge in [0, 0.05) is 62.0 Å². The van der Waals surface area contributed by atoms with Crippen LogP contribution in [0.15, 0.2) is 42.5 Å². The van der Waals surface area contributed by atoms with Gasteiger partial charge >= 0.3 is 0 Å². The Balaban J connectivity index is 1.45. The number of aliphatic hydroxyl groups excluding tert-OH is 1. The number of carbonyl (C=O) groups excluding carboxylic acids is 1. The lowest BCUT2D eigenvalue weighted by Crippen LogP contribution is -2.43. The molecule has 1 unspecified atom stereocenters. The molecule has 5 rings (SSSR count). The molecule has 36 heavy (non-hydrogen) atoms. The van der Waals surface area contributed by atoms with Gasteiger partial charge in [0.05, 0.1) is 19.8 Å². The van der Waals surface area contributed by atoms with Crippen molar-refractivity contribution in [3.05, 3.63) is 82.2 Å². The molecule has 190 valence electrons. The maximum Gasteiger partial charge on any atom is 0.274 e. The van der Waals surface area contributed by atoms with Crippen molar-refractivity contribution < 1.29 is 23.4 Å². The van der Waals surface area contributed by atoms with Crippen molar-refractivity contribution in [2.75, 3.05) is 26.7 Å². The Bertz CT molecular complexity index is 1260. The van der Waals surface area contributed by atoms with E-state index >= 15 is 0 Å². The maximum atomic E-state index is 14.3. The van der Waals surface area contributed by atoms with Crippen molar-refractivity contribution in [3.63, 3.8) is 0 Å². The van der Waals surface area contributed by atoms with Crippen LogP contribution in [0.2, 0.25) is 0 Å². The number of amides is 1. The molecular formula is C27H30F2N4O3. The summed E-state index contributed by atoms with van der Waals surface area (Å²) < 4.78 is 34.9. The minimum absolute atomic E-state index is 0.191. The number of benzene rings is 2. The molecule has 1 aromatic heterocycles. The molecule has 1 N–H and O–H groups in total.